The van der Waals surface area contributed by atoms with Gasteiger partial charge in [-0.2, -0.15) is 0 Å². The van der Waals surface area contributed by atoms with Gasteiger partial charge in [-0.05, 0) is 44.2 Å². The molecule has 0 aliphatic carbocycles. The van der Waals surface area contributed by atoms with Crippen molar-refractivity contribution in [2.45, 2.75) is 13.8 Å². The predicted octanol–water partition coefficient (Wildman–Crippen LogP) is 4.19. The van der Waals surface area contributed by atoms with E-state index in [1.807, 2.05) is 56.3 Å². The van der Waals surface area contributed by atoms with Crippen LogP contribution in [-0.2, 0) is 0 Å². The molecule has 0 aliphatic rings. The number of amides is 1. The molecule has 138 valence electrons. The van der Waals surface area contributed by atoms with Crippen LogP contribution in [0.15, 0.2) is 60.7 Å². The van der Waals surface area contributed by atoms with Crippen LogP contribution in [0, 0.1) is 0 Å². The van der Waals surface area contributed by atoms with Gasteiger partial charge in [-0.3, -0.25) is 4.79 Å². The lowest BCUT2D eigenvalue weighted by atomic mass is 10.1. The summed E-state index contributed by atoms with van der Waals surface area (Å²) in [4.78, 5) is 12.6. The number of rotatable bonds is 7. The Kier molecular flexibility index (Phi) is 5.99. The van der Waals surface area contributed by atoms with Crippen molar-refractivity contribution in [3.8, 4) is 22.9 Å². The number of carbonyl (C=O) groups is 1. The number of nitrogens with zero attached hydrogens (tertiary/aromatic N) is 2. The van der Waals surface area contributed by atoms with Crippen molar-refractivity contribution < 1.29 is 14.3 Å². The van der Waals surface area contributed by atoms with E-state index in [2.05, 4.69) is 15.5 Å². The summed E-state index contributed by atoms with van der Waals surface area (Å²) >= 11 is 0. The minimum absolute atomic E-state index is 0.228. The van der Waals surface area contributed by atoms with Crippen LogP contribution in [0.2, 0.25) is 0 Å². The second kappa shape index (κ2) is 8.80. The Morgan fingerprint density at radius 3 is 2.48 bits per heavy atom. The third kappa shape index (κ3) is 4.61. The van der Waals surface area contributed by atoms with Crippen LogP contribution in [0.3, 0.4) is 0 Å². The van der Waals surface area contributed by atoms with Crippen LogP contribution in [0.25, 0.3) is 11.3 Å². The number of hydrogen-bond donors (Lipinski definition) is 1. The molecule has 0 fully saturated rings. The number of hydrogen-bond acceptors (Lipinski definition) is 5. The van der Waals surface area contributed by atoms with Crippen LogP contribution < -0.4 is 14.8 Å². The standard InChI is InChI=1S/C21H21N3O3/c1-3-26-19-11-6-5-10-17(19)21(25)22-16-9-7-8-15(14-16)18-12-13-20(24-23-18)27-4-2/h5-14H,3-4H2,1-2H3,(H,22,25). The lowest BCUT2D eigenvalue weighted by Gasteiger charge is -2.11. The van der Waals surface area contributed by atoms with E-state index in [1.165, 1.54) is 0 Å². The van der Waals surface area contributed by atoms with Crippen molar-refractivity contribution in [2.75, 3.05) is 18.5 Å². The minimum Gasteiger partial charge on any atom is -0.493 e. The normalized spacial score (nSPS) is 10.3. The van der Waals surface area contributed by atoms with Crippen LogP contribution in [0.5, 0.6) is 11.6 Å². The van der Waals surface area contributed by atoms with Gasteiger partial charge in [-0.1, -0.05) is 24.3 Å². The zero-order chi connectivity index (χ0) is 19.1. The Morgan fingerprint density at radius 2 is 1.74 bits per heavy atom. The van der Waals surface area contributed by atoms with Gasteiger partial charge in [-0.15, -0.1) is 10.2 Å². The molecule has 0 aliphatic heterocycles. The number of benzene rings is 2. The molecule has 0 unspecified atom stereocenters. The number of anilines is 1. The highest BCUT2D eigenvalue weighted by atomic mass is 16.5. The smallest absolute Gasteiger partial charge is 0.259 e. The molecule has 0 spiro atoms. The molecular formula is C21H21N3O3. The molecular weight excluding hydrogens is 342 g/mol. The number of para-hydroxylation sites is 1. The molecule has 0 bridgehead atoms. The molecule has 2 aromatic carbocycles. The highest BCUT2D eigenvalue weighted by Crippen LogP contribution is 2.23. The molecule has 1 N–H and O–H groups in total. The van der Waals surface area contributed by atoms with E-state index in [0.717, 1.165) is 5.56 Å². The monoisotopic (exact) mass is 363 g/mol. The van der Waals surface area contributed by atoms with E-state index in [-0.39, 0.29) is 5.91 Å². The third-order valence-electron chi connectivity index (χ3n) is 3.78. The largest absolute Gasteiger partial charge is 0.493 e. The first-order chi connectivity index (χ1) is 13.2. The summed E-state index contributed by atoms with van der Waals surface area (Å²) in [7, 11) is 0. The average Bonchev–Trinajstić information content (AvgIpc) is 2.70. The maximum Gasteiger partial charge on any atom is 0.259 e. The zero-order valence-electron chi connectivity index (χ0n) is 15.3. The molecule has 0 saturated heterocycles. The highest BCUT2D eigenvalue weighted by molar-refractivity contribution is 6.06. The molecule has 3 aromatic rings. The summed E-state index contributed by atoms with van der Waals surface area (Å²) in [6.45, 7) is 4.82. The number of nitrogens with one attached hydrogen (secondary N) is 1. The van der Waals surface area contributed by atoms with E-state index in [1.54, 1.807) is 18.2 Å². The van der Waals surface area contributed by atoms with Crippen molar-refractivity contribution in [3.05, 3.63) is 66.2 Å². The van der Waals surface area contributed by atoms with Gasteiger partial charge >= 0.3 is 0 Å². The molecule has 0 saturated carbocycles. The molecule has 6 heteroatoms. The average molecular weight is 363 g/mol. The van der Waals surface area contributed by atoms with Crippen molar-refractivity contribution in [2.24, 2.45) is 0 Å². The lowest BCUT2D eigenvalue weighted by Crippen LogP contribution is -2.13. The first-order valence-electron chi connectivity index (χ1n) is 8.81. The summed E-state index contributed by atoms with van der Waals surface area (Å²) in [5, 5.41) is 11.1. The van der Waals surface area contributed by atoms with E-state index >= 15 is 0 Å². The predicted molar refractivity (Wildman–Crippen MR) is 104 cm³/mol. The lowest BCUT2D eigenvalue weighted by molar-refractivity contribution is 0.102. The summed E-state index contributed by atoms with van der Waals surface area (Å²) in [5.74, 6) is 0.818. The fourth-order valence-corrected chi connectivity index (χ4v) is 2.59. The van der Waals surface area contributed by atoms with Crippen LogP contribution >= 0.6 is 0 Å². The summed E-state index contributed by atoms with van der Waals surface area (Å²) < 4.78 is 10.8. The van der Waals surface area contributed by atoms with Crippen LogP contribution in [0.4, 0.5) is 5.69 Å². The van der Waals surface area contributed by atoms with Gasteiger partial charge in [0.1, 0.15) is 5.75 Å². The van der Waals surface area contributed by atoms with Crippen molar-refractivity contribution in [1.82, 2.24) is 10.2 Å². The molecule has 27 heavy (non-hydrogen) atoms. The Bertz CT molecular complexity index is 911. The van der Waals surface area contributed by atoms with Gasteiger partial charge in [0, 0.05) is 17.3 Å². The molecule has 1 heterocycles. The molecule has 0 radical (unpaired) electrons. The number of carbonyl (C=O) groups excluding carboxylic acids is 1. The number of ether oxygens (including phenoxy) is 2. The Labute approximate surface area is 158 Å². The highest BCUT2D eigenvalue weighted by Gasteiger charge is 2.12. The fraction of sp³-hybridized carbons (Fsp3) is 0.190. The van der Waals surface area contributed by atoms with E-state index < -0.39 is 0 Å². The van der Waals surface area contributed by atoms with E-state index in [0.29, 0.717) is 41.8 Å². The molecule has 0 atom stereocenters. The molecule has 1 aromatic heterocycles. The molecule has 1 amide bonds. The quantitative estimate of drug-likeness (QED) is 0.681. The SMILES string of the molecule is CCOc1ccc(-c2cccc(NC(=O)c3ccccc3OCC)c2)nn1. The summed E-state index contributed by atoms with van der Waals surface area (Å²) in [6.07, 6.45) is 0. The van der Waals surface area contributed by atoms with Crippen LogP contribution in [0.1, 0.15) is 24.2 Å². The number of aromatic nitrogens is 2. The second-order valence-corrected chi connectivity index (χ2v) is 5.65. The van der Waals surface area contributed by atoms with Gasteiger partial charge in [0.05, 0.1) is 24.5 Å². The second-order valence-electron chi connectivity index (χ2n) is 5.65. The zero-order valence-corrected chi connectivity index (χ0v) is 15.3. The maximum atomic E-state index is 12.6. The Balaban J connectivity index is 1.79. The van der Waals surface area contributed by atoms with Gasteiger partial charge in [0.2, 0.25) is 5.88 Å². The van der Waals surface area contributed by atoms with Crippen molar-refractivity contribution in [1.29, 1.82) is 0 Å². The van der Waals surface area contributed by atoms with E-state index in [4.69, 9.17) is 9.47 Å². The maximum absolute atomic E-state index is 12.6. The summed E-state index contributed by atoms with van der Waals surface area (Å²) in [6, 6.07) is 18.2. The van der Waals surface area contributed by atoms with Gasteiger partial charge in [-0.25, -0.2) is 0 Å². The molecule has 3 rings (SSSR count). The Hall–Kier alpha value is -3.41. The van der Waals surface area contributed by atoms with Crippen molar-refractivity contribution in [3.63, 3.8) is 0 Å². The fourth-order valence-electron chi connectivity index (χ4n) is 2.59. The van der Waals surface area contributed by atoms with E-state index in [9.17, 15) is 4.79 Å². The topological polar surface area (TPSA) is 73.3 Å². The van der Waals surface area contributed by atoms with Gasteiger partial charge < -0.3 is 14.8 Å². The molecule has 6 nitrogen and oxygen atoms in total. The van der Waals surface area contributed by atoms with Gasteiger partial charge in [0.25, 0.3) is 5.91 Å². The Morgan fingerprint density at radius 1 is 0.926 bits per heavy atom. The third-order valence-corrected chi connectivity index (χ3v) is 3.78. The summed E-state index contributed by atoms with van der Waals surface area (Å²) in [5.41, 5.74) is 2.70. The first-order valence-corrected chi connectivity index (χ1v) is 8.81. The van der Waals surface area contributed by atoms with Gasteiger partial charge in [0.15, 0.2) is 0 Å². The minimum atomic E-state index is -0.228. The van der Waals surface area contributed by atoms with Crippen molar-refractivity contribution >= 4 is 11.6 Å². The van der Waals surface area contributed by atoms with Crippen LogP contribution in [-0.4, -0.2) is 29.3 Å². The first kappa shape index (κ1) is 18.4.